The van der Waals surface area contributed by atoms with E-state index in [1.165, 1.54) is 7.11 Å². The fraction of sp³-hybridized carbons (Fsp3) is 0.429. The number of methoxy groups -OCH3 is 1. The van der Waals surface area contributed by atoms with Gasteiger partial charge in [-0.1, -0.05) is 22.0 Å². The number of likely N-dealkylation sites (tertiary alicyclic amines) is 1. The van der Waals surface area contributed by atoms with Crippen molar-refractivity contribution in [3.8, 4) is 0 Å². The van der Waals surface area contributed by atoms with Crippen molar-refractivity contribution in [2.75, 3.05) is 13.7 Å². The quantitative estimate of drug-likeness (QED) is 0.785. The summed E-state index contributed by atoms with van der Waals surface area (Å²) in [6, 6.07) is 6.76. The summed E-state index contributed by atoms with van der Waals surface area (Å²) in [5.41, 5.74) is 0.588. The molecular weight excluding hydrogens is 310 g/mol. The van der Waals surface area contributed by atoms with Gasteiger partial charge in [0.05, 0.1) is 7.11 Å². The molecule has 0 aromatic heterocycles. The number of piperidine rings is 1. The lowest BCUT2D eigenvalue weighted by Crippen LogP contribution is -2.48. The number of rotatable bonds is 2. The van der Waals surface area contributed by atoms with E-state index in [0.717, 1.165) is 17.3 Å². The van der Waals surface area contributed by atoms with E-state index in [4.69, 9.17) is 4.74 Å². The molecule has 1 heterocycles. The summed E-state index contributed by atoms with van der Waals surface area (Å²) in [5.74, 6) is -0.445. The highest BCUT2D eigenvalue weighted by Gasteiger charge is 2.33. The predicted octanol–water partition coefficient (Wildman–Crippen LogP) is 2.62. The van der Waals surface area contributed by atoms with Crippen molar-refractivity contribution in [3.05, 3.63) is 34.3 Å². The molecule has 1 aliphatic heterocycles. The zero-order chi connectivity index (χ0) is 13.8. The van der Waals surface area contributed by atoms with E-state index in [0.29, 0.717) is 18.5 Å². The number of hydrogen-bond acceptors (Lipinski definition) is 3. The van der Waals surface area contributed by atoms with Crippen molar-refractivity contribution in [1.82, 2.24) is 4.90 Å². The molecule has 1 aromatic rings. The van der Waals surface area contributed by atoms with Crippen molar-refractivity contribution in [2.45, 2.75) is 25.3 Å². The van der Waals surface area contributed by atoms with E-state index in [-0.39, 0.29) is 11.9 Å². The monoisotopic (exact) mass is 325 g/mol. The van der Waals surface area contributed by atoms with Crippen LogP contribution in [0.4, 0.5) is 0 Å². The number of halogens is 1. The molecule has 4 nitrogen and oxygen atoms in total. The highest BCUT2D eigenvalue weighted by molar-refractivity contribution is 9.10. The second-order valence-electron chi connectivity index (χ2n) is 4.54. The Morgan fingerprint density at radius 1 is 1.37 bits per heavy atom. The van der Waals surface area contributed by atoms with Crippen LogP contribution in [-0.2, 0) is 9.53 Å². The topological polar surface area (TPSA) is 46.6 Å². The zero-order valence-corrected chi connectivity index (χ0v) is 12.4. The summed E-state index contributed by atoms with van der Waals surface area (Å²) in [5, 5.41) is 0. The largest absolute Gasteiger partial charge is 0.467 e. The fourth-order valence-electron chi connectivity index (χ4n) is 2.34. The van der Waals surface area contributed by atoms with Crippen LogP contribution < -0.4 is 0 Å². The molecule has 0 spiro atoms. The predicted molar refractivity (Wildman–Crippen MR) is 74.8 cm³/mol. The smallest absolute Gasteiger partial charge is 0.328 e. The highest BCUT2D eigenvalue weighted by Crippen LogP contribution is 2.22. The summed E-state index contributed by atoms with van der Waals surface area (Å²) in [6.45, 7) is 0.602. The van der Waals surface area contributed by atoms with Crippen LogP contribution >= 0.6 is 15.9 Å². The van der Waals surface area contributed by atoms with Gasteiger partial charge in [-0.25, -0.2) is 4.79 Å². The average molecular weight is 326 g/mol. The third-order valence-electron chi connectivity index (χ3n) is 3.31. The number of carbonyl (C=O) groups is 2. The Kier molecular flexibility index (Phi) is 4.58. The second-order valence-corrected chi connectivity index (χ2v) is 5.46. The molecule has 1 aliphatic rings. The van der Waals surface area contributed by atoms with Crippen LogP contribution in [-0.4, -0.2) is 36.5 Å². The van der Waals surface area contributed by atoms with E-state index in [2.05, 4.69) is 15.9 Å². The lowest BCUT2D eigenvalue weighted by atomic mass is 10.0. The van der Waals surface area contributed by atoms with Crippen molar-refractivity contribution in [3.63, 3.8) is 0 Å². The maximum absolute atomic E-state index is 12.5. The number of nitrogens with zero attached hydrogens (tertiary/aromatic N) is 1. The minimum absolute atomic E-state index is 0.114. The third kappa shape index (κ3) is 3.15. The number of benzene rings is 1. The standard InChI is InChI=1S/C14H16BrNO3/c1-19-14(18)12-7-2-3-8-16(12)13(17)10-5-4-6-11(15)9-10/h4-6,9,12H,2-3,7-8H2,1H3/t12-/m1/s1. The van der Waals surface area contributed by atoms with Crippen LogP contribution in [0.5, 0.6) is 0 Å². The fourth-order valence-corrected chi connectivity index (χ4v) is 2.74. The van der Waals surface area contributed by atoms with Gasteiger partial charge >= 0.3 is 5.97 Å². The second kappa shape index (κ2) is 6.19. The van der Waals surface area contributed by atoms with Gasteiger partial charge in [-0.05, 0) is 37.5 Å². The maximum atomic E-state index is 12.5. The molecule has 1 saturated heterocycles. The summed E-state index contributed by atoms with van der Waals surface area (Å²) in [7, 11) is 1.36. The average Bonchev–Trinajstić information content (AvgIpc) is 2.45. The van der Waals surface area contributed by atoms with Gasteiger partial charge in [0.2, 0.25) is 0 Å². The first-order valence-corrected chi connectivity index (χ1v) is 7.07. The summed E-state index contributed by atoms with van der Waals surface area (Å²) in [6.07, 6.45) is 2.54. The minimum Gasteiger partial charge on any atom is -0.467 e. The van der Waals surface area contributed by atoms with Crippen molar-refractivity contribution < 1.29 is 14.3 Å². The Bertz CT molecular complexity index is 489. The Morgan fingerprint density at radius 3 is 2.84 bits per heavy atom. The summed E-state index contributed by atoms with van der Waals surface area (Å²) in [4.78, 5) is 25.9. The van der Waals surface area contributed by atoms with Gasteiger partial charge in [-0.2, -0.15) is 0 Å². The Morgan fingerprint density at radius 2 is 2.16 bits per heavy atom. The van der Waals surface area contributed by atoms with Crippen molar-refractivity contribution >= 4 is 27.8 Å². The molecule has 0 saturated carbocycles. The van der Waals surface area contributed by atoms with Gasteiger partial charge in [0.15, 0.2) is 0 Å². The number of carbonyl (C=O) groups excluding carboxylic acids is 2. The van der Waals surface area contributed by atoms with Crippen molar-refractivity contribution in [2.24, 2.45) is 0 Å². The minimum atomic E-state index is -0.453. The molecule has 1 aromatic carbocycles. The first-order valence-electron chi connectivity index (χ1n) is 6.28. The van der Waals surface area contributed by atoms with E-state index in [1.54, 1.807) is 17.0 Å². The number of esters is 1. The first kappa shape index (κ1) is 14.1. The summed E-state index contributed by atoms with van der Waals surface area (Å²) < 4.78 is 5.64. The highest BCUT2D eigenvalue weighted by atomic mass is 79.9. The summed E-state index contributed by atoms with van der Waals surface area (Å²) >= 11 is 3.35. The van der Waals surface area contributed by atoms with Gasteiger partial charge in [0, 0.05) is 16.6 Å². The number of ether oxygens (including phenoxy) is 1. The van der Waals surface area contributed by atoms with E-state index in [1.807, 2.05) is 12.1 Å². The van der Waals surface area contributed by atoms with E-state index < -0.39 is 6.04 Å². The molecule has 0 bridgehead atoms. The molecule has 2 rings (SSSR count). The molecule has 0 unspecified atom stereocenters. The SMILES string of the molecule is COC(=O)[C@H]1CCCCN1C(=O)c1cccc(Br)c1. The molecule has 102 valence electrons. The molecule has 0 aliphatic carbocycles. The lowest BCUT2D eigenvalue weighted by Gasteiger charge is -2.33. The molecule has 5 heteroatoms. The maximum Gasteiger partial charge on any atom is 0.328 e. The molecule has 0 N–H and O–H groups in total. The third-order valence-corrected chi connectivity index (χ3v) is 3.80. The van der Waals surface area contributed by atoms with Crippen LogP contribution in [0.15, 0.2) is 28.7 Å². The lowest BCUT2D eigenvalue weighted by molar-refractivity contribution is -0.147. The molecule has 1 amide bonds. The Hall–Kier alpha value is -1.36. The molecule has 1 atom stereocenters. The van der Waals surface area contributed by atoms with E-state index in [9.17, 15) is 9.59 Å². The number of hydrogen-bond donors (Lipinski definition) is 0. The zero-order valence-electron chi connectivity index (χ0n) is 10.8. The number of amides is 1. The van der Waals surface area contributed by atoms with Crippen LogP contribution in [0.3, 0.4) is 0 Å². The van der Waals surface area contributed by atoms with Crippen LogP contribution in [0, 0.1) is 0 Å². The van der Waals surface area contributed by atoms with Gasteiger partial charge < -0.3 is 9.64 Å². The molecule has 19 heavy (non-hydrogen) atoms. The van der Waals surface area contributed by atoms with Crippen LogP contribution in [0.2, 0.25) is 0 Å². The Balaban J connectivity index is 2.22. The molecular formula is C14H16BrNO3. The molecule has 1 fully saturated rings. The Labute approximate surface area is 120 Å². The van der Waals surface area contributed by atoms with Gasteiger partial charge in [-0.3, -0.25) is 4.79 Å². The molecule has 0 radical (unpaired) electrons. The van der Waals surface area contributed by atoms with Crippen LogP contribution in [0.25, 0.3) is 0 Å². The first-order chi connectivity index (χ1) is 9.13. The van der Waals surface area contributed by atoms with E-state index >= 15 is 0 Å². The van der Waals surface area contributed by atoms with Gasteiger partial charge in [0.1, 0.15) is 6.04 Å². The van der Waals surface area contributed by atoms with Gasteiger partial charge in [-0.15, -0.1) is 0 Å². The van der Waals surface area contributed by atoms with Gasteiger partial charge in [0.25, 0.3) is 5.91 Å². The van der Waals surface area contributed by atoms with Crippen LogP contribution in [0.1, 0.15) is 29.6 Å². The normalized spacial score (nSPS) is 19.1. The van der Waals surface area contributed by atoms with Crippen molar-refractivity contribution in [1.29, 1.82) is 0 Å².